The minimum absolute atomic E-state index is 0.269. The average Bonchev–Trinajstić information content (AvgIpc) is 3.20. The van der Waals surface area contributed by atoms with Crippen molar-refractivity contribution in [1.29, 1.82) is 0 Å². The maximum Gasteiger partial charge on any atom is 0.267 e. The van der Waals surface area contributed by atoms with Crippen LogP contribution in [0.1, 0.15) is 21.6 Å². The molecule has 4 aromatic rings. The number of H-pyrrole nitrogens is 1. The Hall–Kier alpha value is -3.80. The topological polar surface area (TPSA) is 63.3 Å². The third kappa shape index (κ3) is 4.43. The highest BCUT2D eigenvalue weighted by Crippen LogP contribution is 2.29. The molecule has 0 saturated carbocycles. The Morgan fingerprint density at radius 2 is 1.80 bits per heavy atom. The van der Waals surface area contributed by atoms with E-state index in [1.165, 1.54) is 12.1 Å². The lowest BCUT2D eigenvalue weighted by atomic mass is 10.2. The summed E-state index contributed by atoms with van der Waals surface area (Å²) in [4.78, 5) is 15.5. The molecular weight excluding hydrogens is 383 g/mol. The first-order valence-electron chi connectivity index (χ1n) is 9.52. The fraction of sp³-hybridized carbons (Fsp3) is 0.125. The summed E-state index contributed by atoms with van der Waals surface area (Å²) in [5, 5.41) is 3.51. The number of methoxy groups -OCH3 is 1. The molecule has 1 amide bonds. The number of carbonyl (C=O) groups excluding carboxylic acids is 1. The Labute approximate surface area is 173 Å². The van der Waals surface area contributed by atoms with Gasteiger partial charge >= 0.3 is 0 Å². The summed E-state index contributed by atoms with van der Waals surface area (Å²) < 4.78 is 24.6. The van der Waals surface area contributed by atoms with Gasteiger partial charge in [0, 0.05) is 17.4 Å². The Kier molecular flexibility index (Phi) is 5.66. The van der Waals surface area contributed by atoms with Gasteiger partial charge in [0.05, 0.1) is 7.11 Å². The van der Waals surface area contributed by atoms with Gasteiger partial charge in [-0.05, 0) is 47.5 Å². The first kappa shape index (κ1) is 19.5. The van der Waals surface area contributed by atoms with Crippen molar-refractivity contribution in [3.05, 3.63) is 95.4 Å². The molecule has 3 aromatic carbocycles. The number of nitrogens with one attached hydrogen (secondary N) is 2. The minimum Gasteiger partial charge on any atom is -0.493 e. The van der Waals surface area contributed by atoms with Gasteiger partial charge in [-0.3, -0.25) is 4.79 Å². The second kappa shape index (κ2) is 8.69. The van der Waals surface area contributed by atoms with Crippen LogP contribution in [0.5, 0.6) is 11.5 Å². The van der Waals surface area contributed by atoms with E-state index >= 15 is 0 Å². The number of aromatic nitrogens is 1. The lowest BCUT2D eigenvalue weighted by molar-refractivity contribution is 0.0946. The van der Waals surface area contributed by atoms with Gasteiger partial charge in [-0.1, -0.05) is 36.4 Å². The summed E-state index contributed by atoms with van der Waals surface area (Å²) in [5.74, 6) is 0.623. The molecule has 30 heavy (non-hydrogen) atoms. The van der Waals surface area contributed by atoms with Crippen molar-refractivity contribution in [2.75, 3.05) is 7.11 Å². The smallest absolute Gasteiger partial charge is 0.267 e. The molecule has 0 fully saturated rings. The van der Waals surface area contributed by atoms with Crippen LogP contribution >= 0.6 is 0 Å². The Morgan fingerprint density at radius 3 is 2.60 bits per heavy atom. The number of amides is 1. The van der Waals surface area contributed by atoms with Crippen LogP contribution in [0.2, 0.25) is 0 Å². The third-order valence-corrected chi connectivity index (χ3v) is 4.75. The van der Waals surface area contributed by atoms with Gasteiger partial charge in [-0.15, -0.1) is 0 Å². The number of carbonyl (C=O) groups is 1. The molecule has 0 bridgehead atoms. The van der Waals surface area contributed by atoms with Gasteiger partial charge in [-0.2, -0.15) is 0 Å². The van der Waals surface area contributed by atoms with Gasteiger partial charge in [-0.25, -0.2) is 4.39 Å². The highest BCUT2D eigenvalue weighted by molar-refractivity contribution is 5.97. The van der Waals surface area contributed by atoms with Crippen LogP contribution in [0.3, 0.4) is 0 Å². The molecule has 0 aliphatic rings. The van der Waals surface area contributed by atoms with Gasteiger partial charge in [0.25, 0.3) is 5.91 Å². The van der Waals surface area contributed by atoms with E-state index in [9.17, 15) is 9.18 Å². The highest BCUT2D eigenvalue weighted by atomic mass is 19.1. The predicted molar refractivity (Wildman–Crippen MR) is 113 cm³/mol. The van der Waals surface area contributed by atoms with Crippen molar-refractivity contribution >= 4 is 16.8 Å². The van der Waals surface area contributed by atoms with Crippen LogP contribution in [0.4, 0.5) is 4.39 Å². The number of hydrogen-bond acceptors (Lipinski definition) is 3. The average molecular weight is 404 g/mol. The highest BCUT2D eigenvalue weighted by Gasteiger charge is 2.11. The zero-order chi connectivity index (χ0) is 20.9. The van der Waals surface area contributed by atoms with Crippen molar-refractivity contribution in [3.63, 3.8) is 0 Å². The monoisotopic (exact) mass is 404 g/mol. The second-order valence-corrected chi connectivity index (χ2v) is 6.86. The number of ether oxygens (including phenoxy) is 2. The molecule has 1 aromatic heterocycles. The summed E-state index contributed by atoms with van der Waals surface area (Å²) in [7, 11) is 1.58. The molecule has 0 spiro atoms. The summed E-state index contributed by atoms with van der Waals surface area (Å²) >= 11 is 0. The van der Waals surface area contributed by atoms with Gasteiger partial charge in [0.2, 0.25) is 0 Å². The van der Waals surface area contributed by atoms with Gasteiger partial charge in [0.15, 0.2) is 11.5 Å². The number of aromatic amines is 1. The number of halogens is 1. The molecule has 0 aliphatic carbocycles. The molecule has 0 aliphatic heterocycles. The zero-order valence-corrected chi connectivity index (χ0v) is 16.4. The largest absolute Gasteiger partial charge is 0.493 e. The lowest BCUT2D eigenvalue weighted by Crippen LogP contribution is -2.23. The summed E-state index contributed by atoms with van der Waals surface area (Å²) in [6.45, 7) is 0.756. The van der Waals surface area contributed by atoms with Crippen molar-refractivity contribution in [2.45, 2.75) is 13.2 Å². The maximum atomic E-state index is 13.3. The Balaban J connectivity index is 1.40. The molecule has 4 rings (SSSR count). The standard InChI is InChI=1S/C24H21FN2O3/c1-29-23-11-17(7-10-22(23)30-15-16-5-3-2-4-6-16)14-26-24(28)21-13-18-12-19(25)8-9-20(18)27-21/h2-13,27H,14-15H2,1H3,(H,26,28). The fourth-order valence-electron chi connectivity index (χ4n) is 3.18. The molecule has 5 nitrogen and oxygen atoms in total. The first-order valence-corrected chi connectivity index (χ1v) is 9.52. The molecule has 1 heterocycles. The van der Waals surface area contributed by atoms with E-state index in [0.29, 0.717) is 41.2 Å². The van der Waals surface area contributed by atoms with E-state index in [1.54, 1.807) is 19.2 Å². The van der Waals surface area contributed by atoms with Crippen LogP contribution in [-0.2, 0) is 13.2 Å². The number of fused-ring (bicyclic) bond motifs is 1. The van der Waals surface area contributed by atoms with E-state index < -0.39 is 0 Å². The van der Waals surface area contributed by atoms with Crippen molar-refractivity contribution < 1.29 is 18.7 Å². The zero-order valence-electron chi connectivity index (χ0n) is 16.4. The molecule has 0 saturated heterocycles. The maximum absolute atomic E-state index is 13.3. The predicted octanol–water partition coefficient (Wildman–Crippen LogP) is 4.82. The van der Waals surface area contributed by atoms with Crippen molar-refractivity contribution in [1.82, 2.24) is 10.3 Å². The first-order chi connectivity index (χ1) is 14.6. The fourth-order valence-corrected chi connectivity index (χ4v) is 3.18. The summed E-state index contributed by atoms with van der Waals surface area (Å²) in [6, 6.07) is 21.4. The van der Waals surface area contributed by atoms with E-state index in [0.717, 1.165) is 11.1 Å². The third-order valence-electron chi connectivity index (χ3n) is 4.75. The van der Waals surface area contributed by atoms with E-state index in [4.69, 9.17) is 9.47 Å². The van der Waals surface area contributed by atoms with Crippen LogP contribution in [-0.4, -0.2) is 18.0 Å². The number of hydrogen-bond donors (Lipinski definition) is 2. The molecule has 0 radical (unpaired) electrons. The van der Waals surface area contributed by atoms with Crippen LogP contribution in [0, 0.1) is 5.82 Å². The number of benzene rings is 3. The van der Waals surface area contributed by atoms with Crippen molar-refractivity contribution in [2.24, 2.45) is 0 Å². The number of rotatable bonds is 7. The Bertz CT molecular complexity index is 1170. The molecule has 0 atom stereocenters. The quantitative estimate of drug-likeness (QED) is 0.464. The normalized spacial score (nSPS) is 10.7. The van der Waals surface area contributed by atoms with Crippen LogP contribution < -0.4 is 14.8 Å². The van der Waals surface area contributed by atoms with E-state index in [2.05, 4.69) is 10.3 Å². The van der Waals surface area contributed by atoms with Crippen molar-refractivity contribution in [3.8, 4) is 11.5 Å². The molecule has 0 unspecified atom stereocenters. The second-order valence-electron chi connectivity index (χ2n) is 6.86. The van der Waals surface area contributed by atoms with E-state index in [-0.39, 0.29) is 11.7 Å². The van der Waals surface area contributed by atoms with Gasteiger partial charge in [0.1, 0.15) is 18.1 Å². The molecule has 152 valence electrons. The molecule has 6 heteroatoms. The SMILES string of the molecule is COc1cc(CNC(=O)c2cc3cc(F)ccc3[nH]2)ccc1OCc1ccccc1. The van der Waals surface area contributed by atoms with Gasteiger partial charge < -0.3 is 19.8 Å². The van der Waals surface area contributed by atoms with Crippen LogP contribution in [0.15, 0.2) is 72.8 Å². The Morgan fingerprint density at radius 1 is 0.967 bits per heavy atom. The lowest BCUT2D eigenvalue weighted by Gasteiger charge is -2.12. The minimum atomic E-state index is -0.338. The molecule has 2 N–H and O–H groups in total. The van der Waals surface area contributed by atoms with Crippen LogP contribution in [0.25, 0.3) is 10.9 Å². The summed E-state index contributed by atoms with van der Waals surface area (Å²) in [5.41, 5.74) is 3.03. The summed E-state index contributed by atoms with van der Waals surface area (Å²) in [6.07, 6.45) is 0. The molecular formula is C24H21FN2O3. The van der Waals surface area contributed by atoms with E-state index in [1.807, 2.05) is 48.5 Å².